The maximum absolute atomic E-state index is 10.8. The van der Waals surface area contributed by atoms with Crippen molar-refractivity contribution in [2.45, 2.75) is 19.3 Å². The van der Waals surface area contributed by atoms with Gasteiger partial charge in [-0.25, -0.2) is 0 Å². The van der Waals surface area contributed by atoms with Gasteiger partial charge in [-0.2, -0.15) is 0 Å². The zero-order valence-corrected chi connectivity index (χ0v) is 10.8. The highest BCUT2D eigenvalue weighted by atomic mass is 32.2. The molecule has 0 bridgehead atoms. The lowest BCUT2D eigenvalue weighted by molar-refractivity contribution is 0.206. The van der Waals surface area contributed by atoms with Crippen LogP contribution in [0.3, 0.4) is 0 Å². The predicted molar refractivity (Wildman–Crippen MR) is 66.6 cm³/mol. The number of nitrogens with one attached hydrogen (secondary N) is 1. The molecule has 3 nitrogen and oxygen atoms in total. The summed E-state index contributed by atoms with van der Waals surface area (Å²) in [6, 6.07) is 0. The number of piperidine rings is 1. The first-order valence-electron chi connectivity index (χ1n) is 5.88. The van der Waals surface area contributed by atoms with E-state index in [1.807, 2.05) is 0 Å². The molecule has 4 heteroatoms. The first-order valence-corrected chi connectivity index (χ1v) is 7.60. The average Bonchev–Trinajstić information content (AvgIpc) is 2.17. The summed E-state index contributed by atoms with van der Waals surface area (Å²) in [5.41, 5.74) is 0. The zero-order chi connectivity index (χ0) is 11.1. The van der Waals surface area contributed by atoms with Gasteiger partial charge in [0.05, 0.1) is 0 Å². The lowest BCUT2D eigenvalue weighted by atomic mass is 9.98. The van der Waals surface area contributed by atoms with Crippen LogP contribution in [-0.4, -0.2) is 54.3 Å². The van der Waals surface area contributed by atoms with Crippen molar-refractivity contribution in [2.24, 2.45) is 5.92 Å². The summed E-state index contributed by atoms with van der Waals surface area (Å²) in [6.45, 7) is 4.62. The molecule has 0 aromatic heterocycles. The van der Waals surface area contributed by atoms with Crippen LogP contribution in [0.4, 0.5) is 0 Å². The van der Waals surface area contributed by atoms with Crippen LogP contribution >= 0.6 is 0 Å². The van der Waals surface area contributed by atoms with Crippen LogP contribution in [0.5, 0.6) is 0 Å². The molecule has 1 heterocycles. The molecule has 0 saturated carbocycles. The molecule has 1 N–H and O–H groups in total. The van der Waals surface area contributed by atoms with Gasteiger partial charge in [0.1, 0.15) is 0 Å². The van der Waals surface area contributed by atoms with Crippen LogP contribution in [0.15, 0.2) is 0 Å². The van der Waals surface area contributed by atoms with Crippen molar-refractivity contribution < 1.29 is 4.21 Å². The molecule has 0 aromatic rings. The van der Waals surface area contributed by atoms with E-state index in [-0.39, 0.29) is 0 Å². The molecule has 1 fully saturated rings. The van der Waals surface area contributed by atoms with E-state index in [2.05, 4.69) is 17.3 Å². The van der Waals surface area contributed by atoms with Gasteiger partial charge in [-0.15, -0.1) is 0 Å². The molecule has 2 atom stereocenters. The minimum absolute atomic E-state index is 0.628. The normalized spacial score (nSPS) is 25.3. The third-order valence-corrected chi connectivity index (χ3v) is 3.80. The quantitative estimate of drug-likeness (QED) is 0.684. The minimum atomic E-state index is -0.628. The lowest BCUT2D eigenvalue weighted by Gasteiger charge is -2.29. The Morgan fingerprint density at radius 2 is 2.33 bits per heavy atom. The van der Waals surface area contributed by atoms with Gasteiger partial charge in [-0.1, -0.05) is 0 Å². The highest BCUT2D eigenvalue weighted by Gasteiger charge is 2.16. The molecule has 15 heavy (non-hydrogen) atoms. The molecule has 1 aliphatic heterocycles. The third-order valence-electron chi connectivity index (χ3n) is 2.94. The molecule has 0 aliphatic carbocycles. The summed E-state index contributed by atoms with van der Waals surface area (Å²) in [5.74, 6) is 1.65. The molecule has 0 amide bonds. The van der Waals surface area contributed by atoms with Crippen molar-refractivity contribution >= 4 is 10.8 Å². The summed E-state index contributed by atoms with van der Waals surface area (Å²) in [5, 5.41) is 3.47. The van der Waals surface area contributed by atoms with Crippen molar-refractivity contribution in [3.8, 4) is 0 Å². The maximum Gasteiger partial charge on any atom is 0.0244 e. The van der Waals surface area contributed by atoms with Gasteiger partial charge < -0.3 is 10.2 Å². The summed E-state index contributed by atoms with van der Waals surface area (Å²) >= 11 is 0. The number of nitrogens with zero attached hydrogens (tertiary/aromatic N) is 1. The molecule has 1 aliphatic rings. The van der Waals surface area contributed by atoms with E-state index in [0.29, 0.717) is 0 Å². The maximum atomic E-state index is 10.8. The predicted octanol–water partition coefficient (Wildman–Crippen LogP) is 0.686. The van der Waals surface area contributed by atoms with Gasteiger partial charge in [-0.3, -0.25) is 4.21 Å². The molecule has 0 spiro atoms. The Morgan fingerprint density at radius 3 is 3.00 bits per heavy atom. The van der Waals surface area contributed by atoms with E-state index >= 15 is 0 Å². The molecule has 90 valence electrons. The molecule has 0 aromatic carbocycles. The largest absolute Gasteiger partial charge is 0.316 e. The fourth-order valence-electron chi connectivity index (χ4n) is 2.15. The van der Waals surface area contributed by atoms with Crippen molar-refractivity contribution in [1.82, 2.24) is 10.2 Å². The Kier molecular flexibility index (Phi) is 6.45. The summed E-state index contributed by atoms with van der Waals surface area (Å²) in [4.78, 5) is 2.41. The van der Waals surface area contributed by atoms with Crippen molar-refractivity contribution in [2.75, 3.05) is 45.2 Å². The fourth-order valence-corrected chi connectivity index (χ4v) is 2.70. The monoisotopic (exact) mass is 232 g/mol. The topological polar surface area (TPSA) is 32.3 Å². The van der Waals surface area contributed by atoms with Crippen LogP contribution < -0.4 is 5.32 Å². The van der Waals surface area contributed by atoms with Gasteiger partial charge in [0.15, 0.2) is 0 Å². The number of rotatable bonds is 6. The number of hydrogen-bond acceptors (Lipinski definition) is 3. The van der Waals surface area contributed by atoms with E-state index < -0.39 is 10.8 Å². The molecular formula is C11H24N2OS. The Labute approximate surface area is 96.1 Å². The van der Waals surface area contributed by atoms with E-state index in [1.165, 1.54) is 25.9 Å². The lowest BCUT2D eigenvalue weighted by Crippen LogP contribution is -2.37. The molecular weight excluding hydrogens is 208 g/mol. The van der Waals surface area contributed by atoms with Crippen LogP contribution in [0.2, 0.25) is 0 Å². The Morgan fingerprint density at radius 1 is 1.53 bits per heavy atom. The van der Waals surface area contributed by atoms with Crippen LogP contribution in [-0.2, 0) is 10.8 Å². The Hall–Kier alpha value is 0.0700. The molecule has 1 rings (SSSR count). The van der Waals surface area contributed by atoms with Gasteiger partial charge in [-0.05, 0) is 51.9 Å². The van der Waals surface area contributed by atoms with Gasteiger partial charge in [0.25, 0.3) is 0 Å². The Bertz CT molecular complexity index is 199. The highest BCUT2D eigenvalue weighted by Crippen LogP contribution is 2.13. The second-order valence-electron chi connectivity index (χ2n) is 4.61. The van der Waals surface area contributed by atoms with E-state index in [4.69, 9.17) is 0 Å². The van der Waals surface area contributed by atoms with Crippen molar-refractivity contribution in [3.05, 3.63) is 0 Å². The van der Waals surface area contributed by atoms with E-state index in [9.17, 15) is 4.21 Å². The summed E-state index contributed by atoms with van der Waals surface area (Å²) in [6.07, 6.45) is 5.50. The first kappa shape index (κ1) is 13.1. The Balaban J connectivity index is 1.97. The number of hydrogen-bond donors (Lipinski definition) is 1. The smallest absolute Gasteiger partial charge is 0.0244 e. The molecule has 1 saturated heterocycles. The molecule has 0 radical (unpaired) electrons. The minimum Gasteiger partial charge on any atom is -0.316 e. The van der Waals surface area contributed by atoms with Crippen LogP contribution in [0.25, 0.3) is 0 Å². The third kappa shape index (κ3) is 6.28. The SMILES string of the molecule is CN1CCCC(CNCCCS(C)=O)C1. The first-order chi connectivity index (χ1) is 7.18. The molecule has 2 unspecified atom stereocenters. The van der Waals surface area contributed by atoms with Crippen molar-refractivity contribution in [3.63, 3.8) is 0 Å². The standard InChI is InChI=1S/C11H24N2OS/c1-13-7-3-5-11(10-13)9-12-6-4-8-15(2)14/h11-12H,3-10H2,1-2H3. The van der Waals surface area contributed by atoms with Crippen LogP contribution in [0, 0.1) is 5.92 Å². The van der Waals surface area contributed by atoms with Crippen molar-refractivity contribution in [1.29, 1.82) is 0 Å². The number of likely N-dealkylation sites (tertiary alicyclic amines) is 1. The van der Waals surface area contributed by atoms with Gasteiger partial charge >= 0.3 is 0 Å². The summed E-state index contributed by atoms with van der Waals surface area (Å²) < 4.78 is 10.8. The second-order valence-corrected chi connectivity index (χ2v) is 6.16. The summed E-state index contributed by atoms with van der Waals surface area (Å²) in [7, 11) is 1.57. The van der Waals surface area contributed by atoms with Crippen LogP contribution in [0.1, 0.15) is 19.3 Å². The van der Waals surface area contributed by atoms with Gasteiger partial charge in [0, 0.05) is 29.4 Å². The zero-order valence-electron chi connectivity index (χ0n) is 10.00. The van der Waals surface area contributed by atoms with Gasteiger partial charge in [0.2, 0.25) is 0 Å². The fraction of sp³-hybridized carbons (Fsp3) is 1.00. The second kappa shape index (κ2) is 7.36. The van der Waals surface area contributed by atoms with E-state index in [0.717, 1.165) is 31.2 Å². The highest BCUT2D eigenvalue weighted by molar-refractivity contribution is 7.84. The average molecular weight is 232 g/mol. The van der Waals surface area contributed by atoms with E-state index in [1.54, 1.807) is 6.26 Å².